The van der Waals surface area contributed by atoms with Gasteiger partial charge in [0, 0.05) is 90.7 Å². The maximum atomic E-state index is 13.5. The Labute approximate surface area is 807 Å². The van der Waals surface area contributed by atoms with Gasteiger partial charge in [0.15, 0.2) is 0 Å². The Kier molecular flexibility index (Phi) is 21.1. The van der Waals surface area contributed by atoms with E-state index in [-0.39, 0.29) is 50.2 Å². The van der Waals surface area contributed by atoms with E-state index >= 15 is 0 Å². The molecule has 0 saturated heterocycles. The highest BCUT2D eigenvalue weighted by atomic mass is 32.2. The van der Waals surface area contributed by atoms with E-state index in [0.29, 0.717) is 29.4 Å². The summed E-state index contributed by atoms with van der Waals surface area (Å²) in [7, 11) is -10.7. The minimum absolute atomic E-state index is 0.0632. The number of fused-ring (bicyclic) bond motifs is 15. The van der Waals surface area contributed by atoms with Gasteiger partial charge in [-0.05, 0) is 254 Å². The highest BCUT2D eigenvalue weighted by Gasteiger charge is 2.46. The van der Waals surface area contributed by atoms with Crippen LogP contribution >= 0.6 is 35.3 Å². The minimum Gasteiger partial charge on any atom is -0.219 e. The van der Waals surface area contributed by atoms with E-state index in [1.54, 1.807) is 96.7 Å². The van der Waals surface area contributed by atoms with Gasteiger partial charge < -0.3 is 0 Å². The van der Waals surface area contributed by atoms with Gasteiger partial charge in [-0.1, -0.05) is 385 Å². The molecule has 0 atom stereocenters. The first-order chi connectivity index (χ1) is 64.7. The summed E-state index contributed by atoms with van der Waals surface area (Å²) >= 11 is 5.42. The molecule has 0 saturated carbocycles. The number of hydrogen-bond donors (Lipinski definition) is 0. The van der Waals surface area contributed by atoms with Gasteiger partial charge in [0.05, 0.1) is 29.4 Å². The fraction of sp³-hybridized carbons (Fsp3) is 0.171. The van der Waals surface area contributed by atoms with E-state index in [1.807, 2.05) is 78.1 Å². The van der Waals surface area contributed by atoms with Crippen molar-refractivity contribution < 1.29 is 25.3 Å². The molecule has 0 fully saturated rings. The standard InChI is InChI=1S/C43H34O2S2.C43H36O2S2.C37H32O2S2/c1-42(2)33-14-8-5-12-30(33)41(31-13-6-9-15-34(31)42)28-18-21-38-36(25-28)43(3,4)35-24-27(17-20-37(35)46-38)26-19-22-40-32(23-26)29-11-7-10-16-39(29)47(40,44)45;1-42(2)35-16-10-8-14-33(35)41(34-15-9-11-17-36(34)42)30-21-25-40-38(27-30)43(3,4)37-26-29(20-24-39(37)46-40)28-18-22-32(23-19-28)47(44,45)31-12-6-5-7-13-31;1-36(2)29-16-10-8-14-27(29)35(28-15-9-11-17-30(28)36)24-18-20-33-31(22-24)37(3,4)32-23-26(19-21-34(32)40-33)41(38,39)25-12-6-5-7-13-25/h5-25,41H,1-4H3;5-27,41H,1-4H3;5-23,35H,1-4H3. The first kappa shape index (κ1) is 87.9. The van der Waals surface area contributed by atoms with Crippen LogP contribution in [-0.4, -0.2) is 25.3 Å². The maximum Gasteiger partial charge on any atom is 0.207 e. The molecule has 4 heterocycles. The van der Waals surface area contributed by atoms with Crippen LogP contribution in [0.25, 0.3) is 33.4 Å². The van der Waals surface area contributed by atoms with Crippen molar-refractivity contribution in [2.45, 2.75) is 192 Å². The number of benzene rings is 17. The quantitative estimate of drug-likeness (QED) is 0.140. The molecular weight excluding hydrogens is 1770 g/mol. The van der Waals surface area contributed by atoms with E-state index in [0.717, 1.165) is 43.8 Å². The summed E-state index contributed by atoms with van der Waals surface area (Å²) in [6.07, 6.45) is 0. The Morgan fingerprint density at radius 2 is 0.452 bits per heavy atom. The van der Waals surface area contributed by atoms with Gasteiger partial charge in [-0.3, -0.25) is 0 Å². The van der Waals surface area contributed by atoms with Crippen molar-refractivity contribution in [1.82, 2.24) is 0 Å². The largest absolute Gasteiger partial charge is 0.219 e. The molecule has 135 heavy (non-hydrogen) atoms. The predicted octanol–water partition coefficient (Wildman–Crippen LogP) is 30.7. The van der Waals surface area contributed by atoms with Gasteiger partial charge in [-0.15, -0.1) is 0 Å². The second kappa shape index (κ2) is 32.4. The average Bonchev–Trinajstić information content (AvgIpc) is 1.47. The van der Waals surface area contributed by atoms with Crippen LogP contribution in [0.2, 0.25) is 0 Å². The van der Waals surface area contributed by atoms with Crippen LogP contribution in [-0.2, 0) is 62.0 Å². The summed E-state index contributed by atoms with van der Waals surface area (Å²) < 4.78 is 79.8. The third kappa shape index (κ3) is 14.2. The number of sulfone groups is 3. The van der Waals surface area contributed by atoms with E-state index in [1.165, 1.54) is 136 Å². The van der Waals surface area contributed by atoms with Crippen LogP contribution in [0.4, 0.5) is 0 Å². The van der Waals surface area contributed by atoms with Crippen molar-refractivity contribution in [2.75, 3.05) is 0 Å². The van der Waals surface area contributed by atoms with Crippen LogP contribution in [0, 0.1) is 0 Å². The summed E-state index contributed by atoms with van der Waals surface area (Å²) in [5, 5.41) is 0. The zero-order chi connectivity index (χ0) is 93.4. The molecule has 24 rings (SSSR count). The monoisotopic (exact) mass is 1870 g/mol. The lowest BCUT2D eigenvalue weighted by molar-refractivity contribution is 0.586. The molecule has 0 unspecified atom stereocenters. The number of hydrogen-bond acceptors (Lipinski definition) is 9. The SMILES string of the molecule is CC1(C)c2cc(-c3ccc(S(=O)(=O)c4ccccc4)cc3)ccc2Sc2ccc(C3c4ccccc4C(C)(C)c4ccccc43)cc21.CC1(C)c2cc(-c3ccc4c(c3)-c3ccccc3S4(=O)=O)ccc2Sc2ccc(C3c4ccccc4C(C)(C)c4ccccc43)cc21.CC1(C)c2cc(C3c4ccccc4C(C)(C)c4ccccc43)ccc2Sc2ccc(S(=O)(=O)c3ccccc3)cc21. The average molecular weight is 1870 g/mol. The Morgan fingerprint density at radius 3 is 0.822 bits per heavy atom. The van der Waals surface area contributed by atoms with Crippen LogP contribution in [0.5, 0.6) is 0 Å². The zero-order valence-corrected chi connectivity index (χ0v) is 82.4. The van der Waals surface area contributed by atoms with Gasteiger partial charge in [-0.25, -0.2) is 25.3 Å². The lowest BCUT2D eigenvalue weighted by Crippen LogP contribution is -2.30. The summed E-state index contributed by atoms with van der Waals surface area (Å²) in [6, 6.07) is 132. The van der Waals surface area contributed by atoms with Crippen molar-refractivity contribution in [3.05, 3.63) is 499 Å². The molecule has 7 aliphatic rings. The van der Waals surface area contributed by atoms with Crippen molar-refractivity contribution in [2.24, 2.45) is 0 Å². The van der Waals surface area contributed by atoms with Crippen molar-refractivity contribution in [1.29, 1.82) is 0 Å². The molecule has 17 aromatic carbocycles. The molecule has 0 bridgehead atoms. The van der Waals surface area contributed by atoms with E-state index in [2.05, 4.69) is 326 Å². The molecule has 0 amide bonds. The molecule has 6 nitrogen and oxygen atoms in total. The molecule has 12 heteroatoms. The molecular formula is C123H102O6S6. The van der Waals surface area contributed by atoms with Crippen LogP contribution < -0.4 is 0 Å². The fourth-order valence-corrected chi connectivity index (χ4v) is 31.3. The Morgan fingerprint density at radius 1 is 0.207 bits per heavy atom. The first-order valence-corrected chi connectivity index (χ1v) is 53.3. The Hall–Kier alpha value is -12.4. The summed E-state index contributed by atoms with van der Waals surface area (Å²) in [4.78, 5) is 9.53. The first-order valence-electron chi connectivity index (χ1n) is 46.4. The normalized spacial score (nSPS) is 16.7. The second-order valence-corrected chi connectivity index (χ2v) is 49.1. The summed E-state index contributed by atoms with van der Waals surface area (Å²) in [5.41, 5.74) is 32.8. The van der Waals surface area contributed by atoms with Crippen LogP contribution in [0.3, 0.4) is 0 Å². The van der Waals surface area contributed by atoms with Gasteiger partial charge in [0.1, 0.15) is 0 Å². The third-order valence-corrected chi connectivity index (χ3v) is 39.2. The predicted molar refractivity (Wildman–Crippen MR) is 551 cm³/mol. The zero-order valence-electron chi connectivity index (χ0n) is 77.5. The molecule has 0 N–H and O–H groups in total. The van der Waals surface area contributed by atoms with Crippen LogP contribution in [0.1, 0.15) is 218 Å². The van der Waals surface area contributed by atoms with Gasteiger partial charge in [0.25, 0.3) is 0 Å². The third-order valence-electron chi connectivity index (χ3n) is 30.3. The smallest absolute Gasteiger partial charge is 0.207 e. The van der Waals surface area contributed by atoms with Crippen molar-refractivity contribution >= 4 is 64.8 Å². The number of rotatable bonds is 9. The lowest BCUT2D eigenvalue weighted by atomic mass is 9.63. The van der Waals surface area contributed by atoms with E-state index in [9.17, 15) is 25.3 Å². The van der Waals surface area contributed by atoms with Crippen molar-refractivity contribution in [3.63, 3.8) is 0 Å². The highest BCUT2D eigenvalue weighted by molar-refractivity contribution is 8.00. The van der Waals surface area contributed by atoms with Crippen molar-refractivity contribution in [3.8, 4) is 33.4 Å². The van der Waals surface area contributed by atoms with Crippen LogP contribution in [0.15, 0.2) is 441 Å². The van der Waals surface area contributed by atoms with Gasteiger partial charge >= 0.3 is 0 Å². The van der Waals surface area contributed by atoms with Gasteiger partial charge in [0.2, 0.25) is 29.5 Å². The Balaban J connectivity index is 0.000000118. The Bertz CT molecular complexity index is 7980. The molecule has 0 radical (unpaired) electrons. The fourth-order valence-electron chi connectivity index (χ4n) is 22.9. The van der Waals surface area contributed by atoms with E-state index in [4.69, 9.17) is 0 Å². The molecule has 3 aliphatic carbocycles. The molecule has 0 aromatic heterocycles. The minimum atomic E-state index is -3.61. The molecule has 17 aromatic rings. The summed E-state index contributed by atoms with van der Waals surface area (Å²) in [5.74, 6) is 0.465. The second-order valence-electron chi connectivity index (χ2n) is 40.1. The van der Waals surface area contributed by atoms with Gasteiger partial charge in [-0.2, -0.15) is 0 Å². The topological polar surface area (TPSA) is 102 Å². The molecule has 4 aliphatic heterocycles. The maximum absolute atomic E-state index is 13.5. The highest BCUT2D eigenvalue weighted by Crippen LogP contribution is 2.60. The molecule has 666 valence electrons. The molecule has 0 spiro atoms. The lowest BCUT2D eigenvalue weighted by Gasteiger charge is -2.40. The summed E-state index contributed by atoms with van der Waals surface area (Å²) in [6.45, 7) is 27.8. The van der Waals surface area contributed by atoms with E-state index < -0.39 is 29.5 Å².